The van der Waals surface area contributed by atoms with E-state index < -0.39 is 18.4 Å². The van der Waals surface area contributed by atoms with Gasteiger partial charge in [-0.1, -0.05) is 0 Å². The first-order valence-electron chi connectivity index (χ1n) is 5.46. The molecule has 2 aromatic rings. The van der Waals surface area contributed by atoms with E-state index in [2.05, 4.69) is 20.4 Å². The topological polar surface area (TPSA) is 132 Å². The van der Waals surface area contributed by atoms with Crippen LogP contribution in [-0.4, -0.2) is 54.0 Å². The fourth-order valence-corrected chi connectivity index (χ4v) is 2.06. The van der Waals surface area contributed by atoms with Gasteiger partial charge in [-0.05, 0) is 5.21 Å². The molecule has 0 spiro atoms. The van der Waals surface area contributed by atoms with Crippen LogP contribution < -0.4 is 5.73 Å². The summed E-state index contributed by atoms with van der Waals surface area (Å²) in [6, 6.07) is 0. The highest BCUT2D eigenvalue weighted by Gasteiger charge is 2.35. The van der Waals surface area contributed by atoms with Crippen molar-refractivity contribution >= 4 is 17.0 Å². The zero-order valence-corrected chi connectivity index (χ0v) is 9.34. The van der Waals surface area contributed by atoms with Gasteiger partial charge in [-0.3, -0.25) is 4.57 Å². The number of ether oxygens (including phenoxy) is 1. The number of nitrogens with two attached hydrogens (primary N) is 1. The summed E-state index contributed by atoms with van der Waals surface area (Å²) < 4.78 is 7.13. The van der Waals surface area contributed by atoms with Crippen molar-refractivity contribution < 1.29 is 14.9 Å². The Labute approximate surface area is 101 Å². The number of aliphatic hydroxyl groups excluding tert-OH is 2. The fraction of sp³-hybridized carbons (Fsp3) is 0.556. The average Bonchev–Trinajstić information content (AvgIpc) is 2.93. The molecule has 96 valence electrons. The molecule has 18 heavy (non-hydrogen) atoms. The number of nitrogens with zero attached hydrogens (tertiary/aromatic N) is 5. The average molecular weight is 252 g/mol. The smallest absolute Gasteiger partial charge is 0.190 e. The molecule has 2 aromatic heterocycles. The van der Waals surface area contributed by atoms with Crippen LogP contribution >= 0.6 is 0 Å². The molecule has 1 fully saturated rings. The Morgan fingerprint density at radius 3 is 3.06 bits per heavy atom. The molecule has 1 saturated heterocycles. The summed E-state index contributed by atoms with van der Waals surface area (Å²) in [7, 11) is 0. The third-order valence-electron chi connectivity index (χ3n) is 3.00. The standard InChI is InChI=1S/C9H12N6O3/c10-8-7-9(13-14-12-8)15(3-11-7)6-1-4(17)5(2-16)18-6/h3-6,16-17H,1-2H2,(H2,10,12,13)/t4?,5-,6-/m1/s1. The van der Waals surface area contributed by atoms with E-state index >= 15 is 0 Å². The Bertz CT molecular complexity index is 572. The van der Waals surface area contributed by atoms with Gasteiger partial charge in [-0.15, -0.1) is 10.2 Å². The van der Waals surface area contributed by atoms with Gasteiger partial charge in [0.15, 0.2) is 17.0 Å². The number of aromatic nitrogens is 5. The molecule has 3 rings (SSSR count). The minimum Gasteiger partial charge on any atom is -0.394 e. The summed E-state index contributed by atoms with van der Waals surface area (Å²) in [4.78, 5) is 4.09. The molecule has 0 aromatic carbocycles. The van der Waals surface area contributed by atoms with Gasteiger partial charge >= 0.3 is 0 Å². The highest BCUT2D eigenvalue weighted by molar-refractivity contribution is 5.80. The van der Waals surface area contributed by atoms with Crippen molar-refractivity contribution in [3.8, 4) is 0 Å². The first-order chi connectivity index (χ1) is 8.70. The van der Waals surface area contributed by atoms with Crippen LogP contribution in [0.3, 0.4) is 0 Å². The zero-order valence-electron chi connectivity index (χ0n) is 9.34. The highest BCUT2D eigenvalue weighted by Crippen LogP contribution is 2.30. The second kappa shape index (κ2) is 4.12. The third kappa shape index (κ3) is 1.60. The van der Waals surface area contributed by atoms with Crippen LogP contribution in [0.15, 0.2) is 6.33 Å². The van der Waals surface area contributed by atoms with E-state index in [0.29, 0.717) is 17.6 Å². The lowest BCUT2D eigenvalue weighted by atomic mass is 10.2. The zero-order chi connectivity index (χ0) is 12.7. The van der Waals surface area contributed by atoms with Crippen LogP contribution in [0.2, 0.25) is 0 Å². The van der Waals surface area contributed by atoms with Gasteiger partial charge in [0.2, 0.25) is 0 Å². The summed E-state index contributed by atoms with van der Waals surface area (Å²) in [6.45, 7) is -0.236. The third-order valence-corrected chi connectivity index (χ3v) is 3.00. The summed E-state index contributed by atoms with van der Waals surface area (Å²) in [5.74, 6) is 0.191. The number of hydrogen-bond donors (Lipinski definition) is 3. The number of fused-ring (bicyclic) bond motifs is 1. The van der Waals surface area contributed by atoms with Crippen LogP contribution in [0.25, 0.3) is 11.2 Å². The lowest BCUT2D eigenvalue weighted by molar-refractivity contribution is -0.0432. The number of anilines is 1. The van der Waals surface area contributed by atoms with Gasteiger partial charge in [0.05, 0.1) is 19.0 Å². The van der Waals surface area contributed by atoms with Crippen molar-refractivity contribution in [2.45, 2.75) is 24.9 Å². The molecule has 9 heteroatoms. The molecule has 1 unspecified atom stereocenters. The Kier molecular flexibility index (Phi) is 2.58. The Morgan fingerprint density at radius 2 is 2.33 bits per heavy atom. The second-order valence-corrected chi connectivity index (χ2v) is 4.11. The summed E-state index contributed by atoms with van der Waals surface area (Å²) in [6.07, 6.45) is 0.0946. The quantitative estimate of drug-likeness (QED) is 0.584. The van der Waals surface area contributed by atoms with Gasteiger partial charge in [-0.2, -0.15) is 0 Å². The maximum absolute atomic E-state index is 9.69. The van der Waals surface area contributed by atoms with E-state index in [1.54, 1.807) is 4.57 Å². The minimum absolute atomic E-state index is 0.191. The summed E-state index contributed by atoms with van der Waals surface area (Å²) in [5.41, 5.74) is 6.51. The molecular weight excluding hydrogens is 240 g/mol. The molecule has 0 saturated carbocycles. The van der Waals surface area contributed by atoms with Gasteiger partial charge in [-0.25, -0.2) is 4.98 Å². The molecule has 0 aliphatic carbocycles. The molecule has 1 aliphatic rings. The lowest BCUT2D eigenvalue weighted by Crippen LogP contribution is -2.24. The predicted molar refractivity (Wildman–Crippen MR) is 59.2 cm³/mol. The summed E-state index contributed by atoms with van der Waals surface area (Å²) in [5, 5.41) is 29.7. The van der Waals surface area contributed by atoms with Gasteiger partial charge in [0, 0.05) is 6.42 Å². The van der Waals surface area contributed by atoms with Crippen molar-refractivity contribution in [1.29, 1.82) is 0 Å². The van der Waals surface area contributed by atoms with Crippen molar-refractivity contribution in [3.63, 3.8) is 0 Å². The minimum atomic E-state index is -0.718. The van der Waals surface area contributed by atoms with E-state index in [1.165, 1.54) is 6.33 Å². The lowest BCUT2D eigenvalue weighted by Gasteiger charge is -2.13. The molecule has 0 radical (unpaired) electrons. The molecule has 0 amide bonds. The Balaban J connectivity index is 1.99. The van der Waals surface area contributed by atoms with Crippen molar-refractivity contribution in [2.75, 3.05) is 12.3 Å². The van der Waals surface area contributed by atoms with Crippen molar-refractivity contribution in [1.82, 2.24) is 25.0 Å². The predicted octanol–water partition coefficient (Wildman–Crippen LogP) is -1.56. The van der Waals surface area contributed by atoms with Crippen LogP contribution in [0.1, 0.15) is 12.6 Å². The van der Waals surface area contributed by atoms with E-state index in [-0.39, 0.29) is 12.4 Å². The monoisotopic (exact) mass is 252 g/mol. The molecular formula is C9H12N6O3. The molecule has 1 aliphatic heterocycles. The van der Waals surface area contributed by atoms with Crippen molar-refractivity contribution in [3.05, 3.63) is 6.33 Å². The molecule has 9 nitrogen and oxygen atoms in total. The number of aliphatic hydroxyl groups is 2. The van der Waals surface area contributed by atoms with E-state index in [9.17, 15) is 5.11 Å². The normalized spacial score (nSPS) is 28.0. The molecule has 3 heterocycles. The molecule has 4 N–H and O–H groups in total. The molecule has 0 bridgehead atoms. The largest absolute Gasteiger partial charge is 0.394 e. The number of hydrogen-bond acceptors (Lipinski definition) is 8. The second-order valence-electron chi connectivity index (χ2n) is 4.11. The number of rotatable bonds is 2. The summed E-state index contributed by atoms with van der Waals surface area (Å²) >= 11 is 0. The Morgan fingerprint density at radius 1 is 1.50 bits per heavy atom. The highest BCUT2D eigenvalue weighted by atomic mass is 16.5. The number of imidazole rings is 1. The van der Waals surface area contributed by atoms with E-state index in [0.717, 1.165) is 0 Å². The molecule has 3 atom stereocenters. The van der Waals surface area contributed by atoms with E-state index in [4.69, 9.17) is 15.6 Å². The van der Waals surface area contributed by atoms with Gasteiger partial charge in [0.25, 0.3) is 0 Å². The van der Waals surface area contributed by atoms with Crippen LogP contribution in [0, 0.1) is 0 Å². The van der Waals surface area contributed by atoms with Gasteiger partial charge < -0.3 is 20.7 Å². The van der Waals surface area contributed by atoms with E-state index in [1.807, 2.05) is 0 Å². The van der Waals surface area contributed by atoms with Crippen LogP contribution in [0.5, 0.6) is 0 Å². The SMILES string of the molecule is Nc1nnnc2c1ncn2[C@H]1CC(O)[C@@H](CO)O1. The number of nitrogen functional groups attached to an aromatic ring is 1. The van der Waals surface area contributed by atoms with Gasteiger partial charge in [0.1, 0.15) is 12.3 Å². The fourth-order valence-electron chi connectivity index (χ4n) is 2.06. The maximum atomic E-state index is 9.69. The first-order valence-corrected chi connectivity index (χ1v) is 5.46. The van der Waals surface area contributed by atoms with Crippen LogP contribution in [0.4, 0.5) is 5.82 Å². The maximum Gasteiger partial charge on any atom is 0.190 e. The first kappa shape index (κ1) is 11.3. The Hall–Kier alpha value is -1.84. The van der Waals surface area contributed by atoms with Crippen molar-refractivity contribution in [2.24, 2.45) is 0 Å². The van der Waals surface area contributed by atoms with Crippen LogP contribution in [-0.2, 0) is 4.74 Å².